The van der Waals surface area contributed by atoms with E-state index in [0.717, 1.165) is 22.2 Å². The van der Waals surface area contributed by atoms with Gasteiger partial charge in [-0.25, -0.2) is 4.98 Å². The van der Waals surface area contributed by atoms with Gasteiger partial charge in [-0.3, -0.25) is 9.59 Å². The third-order valence-corrected chi connectivity index (χ3v) is 5.62. The predicted molar refractivity (Wildman–Crippen MR) is 124 cm³/mol. The van der Waals surface area contributed by atoms with Gasteiger partial charge in [-0.1, -0.05) is 48.5 Å². The highest BCUT2D eigenvalue weighted by atomic mass is 16.7. The van der Waals surface area contributed by atoms with Gasteiger partial charge in [-0.15, -0.1) is 0 Å². The first kappa shape index (κ1) is 20.8. The Balaban J connectivity index is 1.30. The lowest BCUT2D eigenvalue weighted by atomic mass is 10.1. The van der Waals surface area contributed by atoms with Gasteiger partial charge in [0.2, 0.25) is 12.7 Å². The Kier molecular flexibility index (Phi) is 5.76. The van der Waals surface area contributed by atoms with Gasteiger partial charge in [0.25, 0.3) is 5.56 Å². The van der Waals surface area contributed by atoms with Crippen molar-refractivity contribution in [2.24, 2.45) is 0 Å². The molecule has 0 saturated heterocycles. The zero-order valence-electron chi connectivity index (χ0n) is 18.0. The van der Waals surface area contributed by atoms with Crippen molar-refractivity contribution >= 4 is 16.9 Å². The summed E-state index contributed by atoms with van der Waals surface area (Å²) in [5.41, 5.74) is 3.69. The van der Waals surface area contributed by atoms with E-state index in [1.54, 1.807) is 4.57 Å². The summed E-state index contributed by atoms with van der Waals surface area (Å²) in [5, 5.41) is 2.90. The monoisotopic (exact) mass is 441 g/mol. The third-order valence-electron chi connectivity index (χ3n) is 5.62. The molecule has 1 aromatic heterocycles. The van der Waals surface area contributed by atoms with Crippen LogP contribution in [0.1, 0.15) is 23.2 Å². The zero-order valence-corrected chi connectivity index (χ0v) is 18.0. The van der Waals surface area contributed by atoms with Crippen LogP contribution >= 0.6 is 0 Å². The van der Waals surface area contributed by atoms with E-state index in [4.69, 9.17) is 9.47 Å². The van der Waals surface area contributed by atoms with E-state index in [0.29, 0.717) is 30.3 Å². The molecular weight excluding hydrogens is 418 g/mol. The Morgan fingerprint density at radius 1 is 0.939 bits per heavy atom. The first-order valence-electron chi connectivity index (χ1n) is 10.8. The van der Waals surface area contributed by atoms with Gasteiger partial charge >= 0.3 is 0 Å². The number of aryl methyl sites for hydroxylation is 1. The molecule has 7 heteroatoms. The molecule has 0 saturated carbocycles. The Labute approximate surface area is 190 Å². The quantitative estimate of drug-likeness (QED) is 0.475. The largest absolute Gasteiger partial charge is 0.454 e. The molecule has 1 aliphatic rings. The van der Waals surface area contributed by atoms with E-state index in [-0.39, 0.29) is 31.1 Å². The number of para-hydroxylation sites is 2. The number of hydrogen-bond donors (Lipinski definition) is 1. The molecule has 2 heterocycles. The Morgan fingerprint density at radius 2 is 1.73 bits per heavy atom. The van der Waals surface area contributed by atoms with Crippen LogP contribution in [0.5, 0.6) is 11.5 Å². The van der Waals surface area contributed by atoms with E-state index >= 15 is 0 Å². The Hall–Kier alpha value is -4.13. The number of amides is 1. The predicted octanol–water partition coefficient (Wildman–Crippen LogP) is 3.42. The van der Waals surface area contributed by atoms with Crippen LogP contribution in [0.4, 0.5) is 0 Å². The second-order valence-corrected chi connectivity index (χ2v) is 7.89. The number of carbonyl (C=O) groups excluding carboxylic acids is 1. The lowest BCUT2D eigenvalue weighted by Crippen LogP contribution is -2.28. The fraction of sp³-hybridized carbons (Fsp3) is 0.192. The molecule has 166 valence electrons. The second kappa shape index (κ2) is 9.16. The van der Waals surface area contributed by atoms with Crippen LogP contribution in [-0.2, 0) is 24.3 Å². The van der Waals surface area contributed by atoms with Crippen molar-refractivity contribution in [3.8, 4) is 11.5 Å². The van der Waals surface area contributed by atoms with Crippen molar-refractivity contribution in [1.29, 1.82) is 0 Å². The number of nitrogens with zero attached hydrogens (tertiary/aromatic N) is 2. The first-order chi connectivity index (χ1) is 16.2. The maximum Gasteiger partial charge on any atom is 0.273 e. The maximum absolute atomic E-state index is 13.2. The summed E-state index contributed by atoms with van der Waals surface area (Å²) < 4.78 is 12.4. The fourth-order valence-electron chi connectivity index (χ4n) is 3.90. The number of nitrogens with one attached hydrogen (secondary N) is 1. The average Bonchev–Trinajstić information content (AvgIpc) is 3.32. The molecule has 7 nitrogen and oxygen atoms in total. The van der Waals surface area contributed by atoms with E-state index in [1.165, 1.54) is 0 Å². The summed E-state index contributed by atoms with van der Waals surface area (Å²) in [6.07, 6.45) is 0.446. The number of benzene rings is 3. The van der Waals surface area contributed by atoms with Crippen molar-refractivity contribution < 1.29 is 14.3 Å². The molecule has 0 fully saturated rings. The SMILES string of the molecule is O=C(CCc1nc2ccccc2n(Cc2ccccc2)c1=O)NCc1ccc2c(c1)OCO2. The van der Waals surface area contributed by atoms with E-state index in [9.17, 15) is 9.59 Å². The molecule has 0 spiro atoms. The molecule has 5 rings (SSSR count). The molecule has 1 aliphatic heterocycles. The lowest BCUT2D eigenvalue weighted by molar-refractivity contribution is -0.121. The summed E-state index contributed by atoms with van der Waals surface area (Å²) in [6, 6.07) is 23.0. The van der Waals surface area contributed by atoms with Crippen molar-refractivity contribution in [1.82, 2.24) is 14.9 Å². The molecule has 4 aromatic rings. The molecule has 0 atom stereocenters. The van der Waals surface area contributed by atoms with Crippen LogP contribution in [0.15, 0.2) is 77.6 Å². The molecule has 1 N–H and O–H groups in total. The van der Waals surface area contributed by atoms with Crippen LogP contribution in [0.2, 0.25) is 0 Å². The van der Waals surface area contributed by atoms with Crippen molar-refractivity contribution in [2.45, 2.75) is 25.9 Å². The smallest absolute Gasteiger partial charge is 0.273 e. The summed E-state index contributed by atoms with van der Waals surface area (Å²) >= 11 is 0. The summed E-state index contributed by atoms with van der Waals surface area (Å²) in [6.45, 7) is 1.04. The van der Waals surface area contributed by atoms with Crippen LogP contribution in [0.3, 0.4) is 0 Å². The highest BCUT2D eigenvalue weighted by Crippen LogP contribution is 2.32. The lowest BCUT2D eigenvalue weighted by Gasteiger charge is -2.12. The summed E-state index contributed by atoms with van der Waals surface area (Å²) in [7, 11) is 0. The number of ether oxygens (including phenoxy) is 2. The average molecular weight is 441 g/mol. The van der Waals surface area contributed by atoms with Crippen LogP contribution in [-0.4, -0.2) is 22.3 Å². The Bertz CT molecular complexity index is 1370. The fourth-order valence-corrected chi connectivity index (χ4v) is 3.90. The van der Waals surface area contributed by atoms with E-state index in [1.807, 2.05) is 72.8 Å². The minimum absolute atomic E-state index is 0.142. The van der Waals surface area contributed by atoms with Gasteiger partial charge < -0.3 is 19.4 Å². The number of carbonyl (C=O) groups is 1. The minimum Gasteiger partial charge on any atom is -0.454 e. The summed E-state index contributed by atoms with van der Waals surface area (Å²) in [4.78, 5) is 30.3. The number of rotatable bonds is 7. The first-order valence-corrected chi connectivity index (χ1v) is 10.8. The van der Waals surface area contributed by atoms with Gasteiger partial charge in [0, 0.05) is 19.4 Å². The highest BCUT2D eigenvalue weighted by Gasteiger charge is 2.15. The van der Waals surface area contributed by atoms with Crippen molar-refractivity contribution in [3.05, 3.63) is 100.0 Å². The topological polar surface area (TPSA) is 82.5 Å². The molecule has 1 amide bonds. The van der Waals surface area contributed by atoms with Crippen LogP contribution in [0, 0.1) is 0 Å². The van der Waals surface area contributed by atoms with E-state index < -0.39 is 0 Å². The number of hydrogen-bond acceptors (Lipinski definition) is 5. The minimum atomic E-state index is -0.166. The molecule has 3 aromatic carbocycles. The van der Waals surface area contributed by atoms with Gasteiger partial charge in [0.05, 0.1) is 17.6 Å². The van der Waals surface area contributed by atoms with Crippen LogP contribution in [0.25, 0.3) is 11.0 Å². The second-order valence-electron chi connectivity index (χ2n) is 7.89. The van der Waals surface area contributed by atoms with Gasteiger partial charge in [0.1, 0.15) is 5.69 Å². The highest BCUT2D eigenvalue weighted by molar-refractivity contribution is 5.77. The van der Waals surface area contributed by atoms with E-state index in [2.05, 4.69) is 10.3 Å². The standard InChI is InChI=1S/C26H23N3O4/c30-25(27-15-19-10-12-23-24(14-19)33-17-32-23)13-11-21-26(31)29(16-18-6-2-1-3-7-18)22-9-5-4-8-20(22)28-21/h1-10,12,14H,11,13,15-17H2,(H,27,30). The zero-order chi connectivity index (χ0) is 22.6. The Morgan fingerprint density at radius 3 is 2.61 bits per heavy atom. The molecule has 33 heavy (non-hydrogen) atoms. The molecule has 0 aliphatic carbocycles. The summed E-state index contributed by atoms with van der Waals surface area (Å²) in [5.74, 6) is 1.25. The van der Waals surface area contributed by atoms with Crippen molar-refractivity contribution in [3.63, 3.8) is 0 Å². The number of aromatic nitrogens is 2. The van der Waals surface area contributed by atoms with Crippen molar-refractivity contribution in [2.75, 3.05) is 6.79 Å². The number of fused-ring (bicyclic) bond motifs is 2. The molecule has 0 radical (unpaired) electrons. The van der Waals surface area contributed by atoms with Crippen LogP contribution < -0.4 is 20.3 Å². The third kappa shape index (κ3) is 4.57. The molecular formula is C26H23N3O4. The van der Waals surface area contributed by atoms with Gasteiger partial charge in [-0.2, -0.15) is 0 Å². The van der Waals surface area contributed by atoms with Gasteiger partial charge in [0.15, 0.2) is 11.5 Å². The molecule has 0 unspecified atom stereocenters. The maximum atomic E-state index is 13.2. The molecule has 0 bridgehead atoms. The normalized spacial score (nSPS) is 12.1. The van der Waals surface area contributed by atoms with Gasteiger partial charge in [-0.05, 0) is 35.4 Å².